The highest BCUT2D eigenvalue weighted by Gasteiger charge is 2.23. The number of rotatable bonds is 11. The lowest BCUT2D eigenvalue weighted by atomic mass is 10.1. The van der Waals surface area contributed by atoms with Crippen molar-refractivity contribution in [1.29, 1.82) is 0 Å². The van der Waals surface area contributed by atoms with Crippen LogP contribution in [0.5, 0.6) is 17.2 Å². The number of nitrogens with one attached hydrogen (secondary N) is 1. The molecule has 0 fully saturated rings. The minimum Gasteiger partial charge on any atom is -0.493 e. The lowest BCUT2D eigenvalue weighted by Crippen LogP contribution is -2.32. The molecular weight excluding hydrogens is 518 g/mol. The Morgan fingerprint density at radius 2 is 1.65 bits per heavy atom. The first-order chi connectivity index (χ1) is 17.5. The monoisotopic (exact) mass is 555 g/mol. The predicted octanol–water partition coefficient (Wildman–Crippen LogP) is 5.89. The Morgan fingerprint density at radius 1 is 1.08 bits per heavy atom. The summed E-state index contributed by atoms with van der Waals surface area (Å²) >= 11 is 0. The van der Waals surface area contributed by atoms with Crippen LogP contribution in [0.4, 0.5) is 5.69 Å². The van der Waals surface area contributed by atoms with Gasteiger partial charge in [0.1, 0.15) is 11.6 Å². The Hall–Kier alpha value is -2.83. The molecule has 2 rings (SSSR count). The van der Waals surface area contributed by atoms with Crippen molar-refractivity contribution in [1.82, 2.24) is 10.3 Å². The van der Waals surface area contributed by atoms with Gasteiger partial charge in [0.05, 0.1) is 32.3 Å². The third-order valence-corrected chi connectivity index (χ3v) is 6.61. The summed E-state index contributed by atoms with van der Waals surface area (Å²) in [4.78, 5) is 36.7. The predicted molar refractivity (Wildman–Crippen MR) is 148 cm³/mol. The van der Waals surface area contributed by atoms with Gasteiger partial charge in [0, 0.05) is 29.3 Å². The number of carbonyl (C=O) groups is 2. The van der Waals surface area contributed by atoms with Gasteiger partial charge in [-0.25, -0.2) is 4.98 Å². The van der Waals surface area contributed by atoms with E-state index in [2.05, 4.69) is 24.1 Å². The number of methoxy groups -OCH3 is 3. The quantitative estimate of drug-likeness (QED) is 0.202. The SMILES string of the molecule is CC(C)=O.CCC.COc1cc(SSc2ncccc2[N+](=O)[O-])c(CNC(C)C(C)=O)c(OC)c1OC. The van der Waals surface area contributed by atoms with Gasteiger partial charge < -0.3 is 24.3 Å². The molecule has 0 aliphatic rings. The van der Waals surface area contributed by atoms with Gasteiger partial charge in [-0.2, -0.15) is 0 Å². The zero-order chi connectivity index (χ0) is 28.5. The largest absolute Gasteiger partial charge is 0.493 e. The first kappa shape index (κ1) is 34.2. The first-order valence-corrected chi connectivity index (χ1v) is 13.6. The van der Waals surface area contributed by atoms with Gasteiger partial charge in [-0.15, -0.1) is 0 Å². The summed E-state index contributed by atoms with van der Waals surface area (Å²) in [6.45, 7) is 10.9. The molecule has 0 amide bonds. The van der Waals surface area contributed by atoms with E-state index >= 15 is 0 Å². The second kappa shape index (κ2) is 18.4. The van der Waals surface area contributed by atoms with Crippen molar-refractivity contribution in [3.8, 4) is 17.2 Å². The molecule has 0 spiro atoms. The Morgan fingerprint density at radius 3 is 2.11 bits per heavy atom. The average Bonchev–Trinajstić information content (AvgIpc) is 2.85. The van der Waals surface area contributed by atoms with Crippen molar-refractivity contribution in [2.75, 3.05) is 21.3 Å². The number of ketones is 2. The van der Waals surface area contributed by atoms with E-state index in [0.29, 0.717) is 23.8 Å². The number of ether oxygens (including phenoxy) is 3. The Bertz CT molecular complexity index is 1030. The van der Waals surface area contributed by atoms with Crippen LogP contribution < -0.4 is 19.5 Å². The summed E-state index contributed by atoms with van der Waals surface area (Å²) in [7, 11) is 6.97. The van der Waals surface area contributed by atoms with Crippen LogP contribution in [-0.2, 0) is 16.1 Å². The van der Waals surface area contributed by atoms with Crippen molar-refractivity contribution >= 4 is 38.8 Å². The van der Waals surface area contributed by atoms with Crippen LogP contribution in [-0.4, -0.2) is 48.8 Å². The molecular formula is C25H37N3O7S2. The van der Waals surface area contributed by atoms with Crippen molar-refractivity contribution in [2.45, 2.75) is 70.5 Å². The highest BCUT2D eigenvalue weighted by Crippen LogP contribution is 2.49. The van der Waals surface area contributed by atoms with Crippen molar-refractivity contribution in [3.63, 3.8) is 0 Å². The van der Waals surface area contributed by atoms with E-state index in [1.165, 1.54) is 77.6 Å². The van der Waals surface area contributed by atoms with E-state index in [1.807, 2.05) is 0 Å². The molecule has 2 aromatic rings. The van der Waals surface area contributed by atoms with Crippen LogP contribution in [0.3, 0.4) is 0 Å². The normalized spacial score (nSPS) is 10.6. The number of nitro groups is 1. The van der Waals surface area contributed by atoms with Crippen molar-refractivity contribution in [2.24, 2.45) is 0 Å². The maximum atomic E-state index is 11.6. The second-order valence-electron chi connectivity index (χ2n) is 7.70. The van der Waals surface area contributed by atoms with Crippen molar-refractivity contribution < 1.29 is 28.7 Å². The molecule has 1 heterocycles. The highest BCUT2D eigenvalue weighted by atomic mass is 33.1. The molecule has 0 saturated carbocycles. The number of benzene rings is 1. The van der Waals surface area contributed by atoms with E-state index in [0.717, 1.165) is 21.3 Å². The van der Waals surface area contributed by atoms with Gasteiger partial charge in [0.25, 0.3) is 0 Å². The summed E-state index contributed by atoms with van der Waals surface area (Å²) in [5.74, 6) is 1.50. The zero-order valence-corrected chi connectivity index (χ0v) is 24.5. The van der Waals surface area contributed by atoms with E-state index in [1.54, 1.807) is 13.0 Å². The van der Waals surface area contributed by atoms with E-state index in [-0.39, 0.29) is 28.3 Å². The lowest BCUT2D eigenvalue weighted by Gasteiger charge is -2.20. The van der Waals surface area contributed by atoms with Crippen LogP contribution in [0.2, 0.25) is 0 Å². The fourth-order valence-electron chi connectivity index (χ4n) is 2.50. The zero-order valence-electron chi connectivity index (χ0n) is 22.9. The molecule has 1 N–H and O–H groups in total. The van der Waals surface area contributed by atoms with Gasteiger partial charge in [0.15, 0.2) is 16.5 Å². The molecule has 1 unspecified atom stereocenters. The van der Waals surface area contributed by atoms with Crippen LogP contribution in [0.1, 0.15) is 53.5 Å². The maximum Gasteiger partial charge on any atom is 0.302 e. The van der Waals surface area contributed by atoms with Gasteiger partial charge in [-0.3, -0.25) is 14.9 Å². The third-order valence-electron chi connectivity index (χ3n) is 4.24. The van der Waals surface area contributed by atoms with Crippen LogP contribution in [0.15, 0.2) is 34.3 Å². The topological polar surface area (TPSA) is 130 Å². The Balaban J connectivity index is 0.00000165. The molecule has 206 valence electrons. The van der Waals surface area contributed by atoms with Crippen molar-refractivity contribution in [3.05, 3.63) is 40.1 Å². The number of aromatic nitrogens is 1. The summed E-state index contributed by atoms with van der Waals surface area (Å²) in [5, 5.41) is 14.7. The highest BCUT2D eigenvalue weighted by molar-refractivity contribution is 8.76. The molecule has 0 aliphatic heterocycles. The van der Waals surface area contributed by atoms with Gasteiger partial charge in [0.2, 0.25) is 5.75 Å². The molecule has 0 radical (unpaired) electrons. The summed E-state index contributed by atoms with van der Waals surface area (Å²) in [5.41, 5.74) is 0.659. The number of carbonyl (C=O) groups excluding carboxylic acids is 2. The smallest absolute Gasteiger partial charge is 0.302 e. The van der Waals surface area contributed by atoms with E-state index < -0.39 is 4.92 Å². The average molecular weight is 556 g/mol. The van der Waals surface area contributed by atoms with E-state index in [9.17, 15) is 19.7 Å². The summed E-state index contributed by atoms with van der Waals surface area (Å²) < 4.78 is 16.5. The number of Topliss-reactive ketones (excluding diaryl/α,β-unsaturated/α-hetero) is 2. The Kier molecular flexibility index (Phi) is 17.0. The van der Waals surface area contributed by atoms with E-state index in [4.69, 9.17) is 14.2 Å². The number of pyridine rings is 1. The summed E-state index contributed by atoms with van der Waals surface area (Å²) in [6, 6.07) is 4.33. The molecule has 37 heavy (non-hydrogen) atoms. The van der Waals surface area contributed by atoms with Crippen LogP contribution >= 0.6 is 21.6 Å². The fourth-order valence-corrected chi connectivity index (χ4v) is 4.76. The molecule has 12 heteroatoms. The molecule has 10 nitrogen and oxygen atoms in total. The minimum absolute atomic E-state index is 0.00197. The molecule has 1 atom stereocenters. The standard InChI is InChI=1S/C19H23N3O6S2.C3H6O.C3H8/c1-11(12(2)23)21-10-13-16(9-15(26-3)18(28-5)17(13)27-4)29-30-19-14(22(24)25)7-6-8-20-19;1-3(2)4;1-3-2/h6-9,11,21H,10H2,1-5H3;1-2H3;3H2,1-2H3. The van der Waals surface area contributed by atoms with Crippen LogP contribution in [0.25, 0.3) is 0 Å². The molecule has 0 aliphatic carbocycles. The summed E-state index contributed by atoms with van der Waals surface area (Å²) in [6.07, 6.45) is 2.75. The van der Waals surface area contributed by atoms with Gasteiger partial charge in [-0.05, 0) is 50.6 Å². The van der Waals surface area contributed by atoms with Gasteiger partial charge >= 0.3 is 5.69 Å². The Labute approximate surface area is 226 Å². The van der Waals surface area contributed by atoms with Crippen LogP contribution in [0, 0.1) is 10.1 Å². The number of hydrogen-bond acceptors (Lipinski definition) is 11. The fraction of sp³-hybridized carbons (Fsp3) is 0.480. The molecule has 0 bridgehead atoms. The number of hydrogen-bond donors (Lipinski definition) is 1. The second-order valence-corrected chi connectivity index (χ2v) is 9.86. The lowest BCUT2D eigenvalue weighted by molar-refractivity contribution is -0.388. The molecule has 1 aromatic heterocycles. The minimum atomic E-state index is -0.470. The molecule has 1 aromatic carbocycles. The molecule has 0 saturated heterocycles. The third kappa shape index (κ3) is 11.8. The number of nitrogens with zero attached hydrogens (tertiary/aromatic N) is 2. The maximum absolute atomic E-state index is 11.6. The first-order valence-electron chi connectivity index (χ1n) is 11.4. The van der Waals surface area contributed by atoms with Gasteiger partial charge in [-0.1, -0.05) is 31.1 Å².